The molecular weight excluding hydrogens is 288 g/mol. The van der Waals surface area contributed by atoms with Gasteiger partial charge in [0.1, 0.15) is 5.75 Å². The average molecular weight is 310 g/mol. The zero-order valence-electron chi connectivity index (χ0n) is 13.6. The van der Waals surface area contributed by atoms with E-state index in [4.69, 9.17) is 4.74 Å². The van der Waals surface area contributed by atoms with E-state index in [0.717, 1.165) is 29.7 Å². The number of urea groups is 1. The van der Waals surface area contributed by atoms with Gasteiger partial charge in [-0.3, -0.25) is 0 Å². The zero-order valence-corrected chi connectivity index (χ0v) is 13.6. The molecule has 0 aliphatic carbocycles. The molecule has 2 aromatic rings. The Bertz CT molecular complexity index is 685. The molecule has 0 saturated heterocycles. The Morgan fingerprint density at radius 3 is 2.70 bits per heavy atom. The fraction of sp³-hybridized carbons (Fsp3) is 0.316. The van der Waals surface area contributed by atoms with Crippen LogP contribution in [0, 0.1) is 0 Å². The molecule has 2 aromatic carbocycles. The van der Waals surface area contributed by atoms with Crippen LogP contribution in [0.3, 0.4) is 0 Å². The lowest BCUT2D eigenvalue weighted by atomic mass is 9.91. The van der Waals surface area contributed by atoms with Gasteiger partial charge in [-0.15, -0.1) is 0 Å². The summed E-state index contributed by atoms with van der Waals surface area (Å²) in [4.78, 5) is 14.2. The van der Waals surface area contributed by atoms with Gasteiger partial charge in [0.2, 0.25) is 0 Å². The number of amides is 2. The predicted octanol–water partition coefficient (Wildman–Crippen LogP) is 3.37. The van der Waals surface area contributed by atoms with Crippen LogP contribution in [0.15, 0.2) is 48.5 Å². The molecule has 1 atom stereocenters. The highest BCUT2D eigenvalue weighted by molar-refractivity contribution is 5.75. The largest absolute Gasteiger partial charge is 0.497 e. The van der Waals surface area contributed by atoms with Gasteiger partial charge in [-0.05, 0) is 41.7 Å². The molecule has 0 saturated carbocycles. The Morgan fingerprint density at radius 2 is 1.96 bits per heavy atom. The Balaban J connectivity index is 2.14. The summed E-state index contributed by atoms with van der Waals surface area (Å²) in [7, 11) is 3.54. The minimum absolute atomic E-state index is 0.0393. The highest BCUT2D eigenvalue weighted by atomic mass is 16.5. The minimum atomic E-state index is -0.102. The van der Waals surface area contributed by atoms with Gasteiger partial charge in [0, 0.05) is 13.6 Å². The molecule has 1 aliphatic heterocycles. The van der Waals surface area contributed by atoms with Gasteiger partial charge >= 0.3 is 6.03 Å². The maximum Gasteiger partial charge on any atom is 0.317 e. The van der Waals surface area contributed by atoms with Crippen molar-refractivity contribution in [3.05, 3.63) is 65.2 Å². The van der Waals surface area contributed by atoms with E-state index in [-0.39, 0.29) is 12.1 Å². The van der Waals surface area contributed by atoms with Crippen molar-refractivity contribution in [2.75, 3.05) is 20.7 Å². The molecule has 1 unspecified atom stereocenters. The summed E-state index contributed by atoms with van der Waals surface area (Å²) < 4.78 is 5.38. The van der Waals surface area contributed by atoms with Crippen molar-refractivity contribution in [2.24, 2.45) is 0 Å². The number of hydrogen-bond donors (Lipinski definition) is 1. The third-order valence-electron chi connectivity index (χ3n) is 4.37. The number of rotatable bonds is 2. The Labute approximate surface area is 137 Å². The second kappa shape index (κ2) is 6.73. The number of nitrogens with one attached hydrogen (secondary N) is 1. The van der Waals surface area contributed by atoms with Crippen LogP contribution in [0.5, 0.6) is 5.75 Å². The van der Waals surface area contributed by atoms with Crippen LogP contribution in [-0.2, 0) is 6.42 Å². The molecule has 2 amide bonds. The number of ether oxygens (including phenoxy) is 1. The predicted molar refractivity (Wildman–Crippen MR) is 90.8 cm³/mol. The molecule has 0 spiro atoms. The third kappa shape index (κ3) is 3.16. The van der Waals surface area contributed by atoms with Crippen LogP contribution in [0.2, 0.25) is 0 Å². The van der Waals surface area contributed by atoms with Crippen molar-refractivity contribution in [2.45, 2.75) is 18.9 Å². The number of carbonyl (C=O) groups excluding carboxylic acids is 1. The summed E-state index contributed by atoms with van der Waals surface area (Å²) in [5, 5.41) is 2.99. The van der Waals surface area contributed by atoms with E-state index in [1.165, 1.54) is 5.56 Å². The van der Waals surface area contributed by atoms with E-state index < -0.39 is 0 Å². The lowest BCUT2D eigenvalue weighted by molar-refractivity contribution is 0.199. The number of carbonyl (C=O) groups is 1. The second-order valence-electron chi connectivity index (χ2n) is 5.82. The molecule has 0 aromatic heterocycles. The van der Waals surface area contributed by atoms with E-state index in [9.17, 15) is 4.79 Å². The standard InChI is InChI=1S/C19H22N2O2/c1-21-18(14-7-4-3-5-8-14)17-11-10-16(23-2)13-15(17)9-6-12-20-19(21)22/h3-5,7-8,10-11,13,18H,6,9,12H2,1-2H3,(H,20,22). The van der Waals surface area contributed by atoms with Crippen LogP contribution in [0.1, 0.15) is 29.2 Å². The Kier molecular flexibility index (Phi) is 4.51. The van der Waals surface area contributed by atoms with E-state index in [1.54, 1.807) is 12.0 Å². The molecule has 4 heteroatoms. The van der Waals surface area contributed by atoms with Crippen molar-refractivity contribution in [1.82, 2.24) is 10.2 Å². The first kappa shape index (κ1) is 15.4. The third-order valence-corrected chi connectivity index (χ3v) is 4.37. The first-order valence-electron chi connectivity index (χ1n) is 7.93. The molecular formula is C19H22N2O2. The number of methoxy groups -OCH3 is 1. The number of benzene rings is 2. The van der Waals surface area contributed by atoms with Gasteiger partial charge in [0.25, 0.3) is 0 Å². The van der Waals surface area contributed by atoms with Crippen LogP contribution >= 0.6 is 0 Å². The lowest BCUT2D eigenvalue weighted by Crippen LogP contribution is -2.40. The van der Waals surface area contributed by atoms with Gasteiger partial charge in [0.15, 0.2) is 0 Å². The Morgan fingerprint density at radius 1 is 1.17 bits per heavy atom. The highest BCUT2D eigenvalue weighted by Crippen LogP contribution is 2.33. The molecule has 120 valence electrons. The quantitative estimate of drug-likeness (QED) is 0.924. The number of aryl methyl sites for hydroxylation is 1. The van der Waals surface area contributed by atoms with Crippen molar-refractivity contribution in [1.29, 1.82) is 0 Å². The molecule has 1 heterocycles. The van der Waals surface area contributed by atoms with Gasteiger partial charge in [-0.2, -0.15) is 0 Å². The first-order valence-corrected chi connectivity index (χ1v) is 7.93. The molecule has 1 aliphatic rings. The summed E-state index contributed by atoms with van der Waals surface area (Å²) in [5.41, 5.74) is 3.51. The van der Waals surface area contributed by atoms with Gasteiger partial charge in [-0.25, -0.2) is 4.79 Å². The molecule has 0 radical (unpaired) electrons. The first-order chi connectivity index (χ1) is 11.2. The molecule has 0 bridgehead atoms. The summed E-state index contributed by atoms with van der Waals surface area (Å²) in [6.45, 7) is 0.682. The van der Waals surface area contributed by atoms with E-state index in [0.29, 0.717) is 6.54 Å². The van der Waals surface area contributed by atoms with Gasteiger partial charge in [-0.1, -0.05) is 36.4 Å². The van der Waals surface area contributed by atoms with Crippen molar-refractivity contribution >= 4 is 6.03 Å². The SMILES string of the molecule is COc1ccc2c(c1)CCCNC(=O)N(C)C2c1ccccc1. The highest BCUT2D eigenvalue weighted by Gasteiger charge is 2.26. The fourth-order valence-electron chi connectivity index (χ4n) is 3.16. The van der Waals surface area contributed by atoms with Crippen LogP contribution < -0.4 is 10.1 Å². The van der Waals surface area contributed by atoms with E-state index in [1.807, 2.05) is 31.3 Å². The van der Waals surface area contributed by atoms with Gasteiger partial charge < -0.3 is 15.0 Å². The molecule has 1 N–H and O–H groups in total. The summed E-state index contributed by atoms with van der Waals surface area (Å²) in [6, 6.07) is 16.2. The Hall–Kier alpha value is -2.49. The molecule has 0 fully saturated rings. The van der Waals surface area contributed by atoms with Crippen molar-refractivity contribution in [3.8, 4) is 5.75 Å². The summed E-state index contributed by atoms with van der Waals surface area (Å²) in [5.74, 6) is 0.858. The summed E-state index contributed by atoms with van der Waals surface area (Å²) in [6.07, 6.45) is 1.84. The molecule has 3 rings (SSSR count). The molecule has 23 heavy (non-hydrogen) atoms. The maximum absolute atomic E-state index is 12.4. The van der Waals surface area contributed by atoms with Gasteiger partial charge in [0.05, 0.1) is 13.2 Å². The second-order valence-corrected chi connectivity index (χ2v) is 5.82. The van der Waals surface area contributed by atoms with E-state index in [2.05, 4.69) is 29.6 Å². The van der Waals surface area contributed by atoms with E-state index >= 15 is 0 Å². The molecule has 4 nitrogen and oxygen atoms in total. The monoisotopic (exact) mass is 310 g/mol. The van der Waals surface area contributed by atoms with Crippen LogP contribution in [0.4, 0.5) is 4.79 Å². The van der Waals surface area contributed by atoms with Crippen LogP contribution in [-0.4, -0.2) is 31.6 Å². The average Bonchev–Trinajstić information content (AvgIpc) is 2.65. The smallest absolute Gasteiger partial charge is 0.317 e. The fourth-order valence-corrected chi connectivity index (χ4v) is 3.16. The van der Waals surface area contributed by atoms with Crippen molar-refractivity contribution < 1.29 is 9.53 Å². The van der Waals surface area contributed by atoms with Crippen molar-refractivity contribution in [3.63, 3.8) is 0 Å². The normalized spacial score (nSPS) is 18.3. The minimum Gasteiger partial charge on any atom is -0.497 e. The number of nitrogens with zero attached hydrogens (tertiary/aromatic N) is 1. The maximum atomic E-state index is 12.4. The summed E-state index contributed by atoms with van der Waals surface area (Å²) >= 11 is 0. The van der Waals surface area contributed by atoms with Crippen LogP contribution in [0.25, 0.3) is 0 Å². The number of hydrogen-bond acceptors (Lipinski definition) is 2. The topological polar surface area (TPSA) is 41.6 Å². The number of fused-ring (bicyclic) bond motifs is 1. The lowest BCUT2D eigenvalue weighted by Gasteiger charge is -2.30. The zero-order chi connectivity index (χ0) is 16.2.